The fraction of sp³-hybridized carbons (Fsp3) is 0.409. The van der Waals surface area contributed by atoms with E-state index < -0.39 is 0 Å². The molecule has 2 aromatic rings. The van der Waals surface area contributed by atoms with Gasteiger partial charge in [-0.2, -0.15) is 0 Å². The Morgan fingerprint density at radius 3 is 2.33 bits per heavy atom. The first-order chi connectivity index (χ1) is 13.2. The smallest absolute Gasteiger partial charge is 0.220 e. The molecule has 5 nitrogen and oxygen atoms in total. The third-order valence-corrected chi connectivity index (χ3v) is 5.95. The van der Waals surface area contributed by atoms with E-state index in [4.69, 9.17) is 5.73 Å². The molecular formula is C22H28N4O. The van der Waals surface area contributed by atoms with Gasteiger partial charge in [-0.1, -0.05) is 54.6 Å². The Hall–Kier alpha value is -2.21. The predicted octanol–water partition coefficient (Wildman–Crippen LogP) is 2.32. The minimum Gasteiger partial charge on any atom is -0.369 e. The molecule has 0 aromatic heterocycles. The van der Waals surface area contributed by atoms with E-state index in [0.717, 1.165) is 39.0 Å². The van der Waals surface area contributed by atoms with Gasteiger partial charge in [0.25, 0.3) is 0 Å². The summed E-state index contributed by atoms with van der Waals surface area (Å²) in [6.45, 7) is 3.92. The number of carbonyl (C=O) groups is 1. The number of piperidine rings is 1. The zero-order chi connectivity index (χ0) is 18.6. The number of likely N-dealkylation sites (tertiary alicyclic amines) is 1. The Labute approximate surface area is 160 Å². The second-order valence-electron chi connectivity index (χ2n) is 7.73. The molecule has 0 spiro atoms. The summed E-state index contributed by atoms with van der Waals surface area (Å²) in [5, 5.41) is 0. The summed E-state index contributed by atoms with van der Waals surface area (Å²) in [5.74, 6) is 0.426. The molecule has 2 aliphatic rings. The van der Waals surface area contributed by atoms with Crippen molar-refractivity contribution >= 4 is 5.91 Å². The largest absolute Gasteiger partial charge is 0.369 e. The Kier molecular flexibility index (Phi) is 5.53. The van der Waals surface area contributed by atoms with E-state index in [0.29, 0.717) is 12.0 Å². The van der Waals surface area contributed by atoms with Crippen LogP contribution in [-0.2, 0) is 4.79 Å². The van der Waals surface area contributed by atoms with Gasteiger partial charge in [-0.25, -0.2) is 5.43 Å². The molecule has 2 heterocycles. The number of nitrogens with one attached hydrogen (secondary N) is 2. The van der Waals surface area contributed by atoms with Crippen molar-refractivity contribution in [2.45, 2.75) is 18.9 Å². The maximum absolute atomic E-state index is 11.4. The van der Waals surface area contributed by atoms with Crippen LogP contribution in [0, 0.1) is 11.8 Å². The lowest BCUT2D eigenvalue weighted by atomic mass is 9.91. The van der Waals surface area contributed by atoms with E-state index in [2.05, 4.69) is 64.3 Å². The number of hydrogen-bond acceptors (Lipinski definition) is 4. The number of rotatable bonds is 5. The van der Waals surface area contributed by atoms with Gasteiger partial charge in [0, 0.05) is 24.9 Å². The van der Waals surface area contributed by atoms with Crippen molar-refractivity contribution in [1.29, 1.82) is 0 Å². The number of hydrogen-bond donors (Lipinski definition) is 3. The molecule has 142 valence electrons. The Morgan fingerprint density at radius 1 is 1.00 bits per heavy atom. The molecule has 1 amide bonds. The van der Waals surface area contributed by atoms with Crippen LogP contribution in [0.3, 0.4) is 0 Å². The van der Waals surface area contributed by atoms with Crippen molar-refractivity contribution in [3.8, 4) is 11.1 Å². The fourth-order valence-corrected chi connectivity index (χ4v) is 4.31. The molecule has 0 saturated carbocycles. The minimum atomic E-state index is -0.143. The lowest BCUT2D eigenvalue weighted by Gasteiger charge is -2.33. The van der Waals surface area contributed by atoms with Crippen LogP contribution < -0.4 is 16.6 Å². The fourth-order valence-electron chi connectivity index (χ4n) is 4.31. The maximum atomic E-state index is 11.4. The molecule has 2 aromatic carbocycles. The average molecular weight is 364 g/mol. The van der Waals surface area contributed by atoms with Crippen molar-refractivity contribution in [3.05, 3.63) is 60.2 Å². The molecule has 2 saturated heterocycles. The van der Waals surface area contributed by atoms with E-state index >= 15 is 0 Å². The number of carbonyl (C=O) groups excluding carboxylic acids is 1. The molecule has 5 heteroatoms. The lowest BCUT2D eigenvalue weighted by Crippen LogP contribution is -2.41. The first-order valence-corrected chi connectivity index (χ1v) is 9.86. The summed E-state index contributed by atoms with van der Waals surface area (Å²) in [6.07, 6.45) is 1.78. The van der Waals surface area contributed by atoms with Crippen LogP contribution in [0.2, 0.25) is 0 Å². The molecule has 2 aliphatic heterocycles. The number of hydrazine groups is 1. The van der Waals surface area contributed by atoms with Crippen LogP contribution in [0.1, 0.15) is 24.4 Å². The molecule has 2 fully saturated rings. The van der Waals surface area contributed by atoms with Crippen molar-refractivity contribution in [2.75, 3.05) is 26.2 Å². The van der Waals surface area contributed by atoms with E-state index in [1.807, 2.05) is 6.07 Å². The molecule has 27 heavy (non-hydrogen) atoms. The molecule has 0 radical (unpaired) electrons. The van der Waals surface area contributed by atoms with Crippen LogP contribution in [0.15, 0.2) is 54.6 Å². The summed E-state index contributed by atoms with van der Waals surface area (Å²) in [5.41, 5.74) is 16.0. The standard InChI is InChI=1S/C22H28N4O/c23-22(27)19-10-12-26(13-11-19)15-20-14-24-25-21(20)18-8-6-17(7-9-18)16-4-2-1-3-5-16/h1-9,19-21,24-25H,10-15H2,(H2,23,27). The monoisotopic (exact) mass is 364 g/mol. The zero-order valence-corrected chi connectivity index (χ0v) is 15.6. The van der Waals surface area contributed by atoms with Gasteiger partial charge in [0.1, 0.15) is 0 Å². The lowest BCUT2D eigenvalue weighted by molar-refractivity contribution is -0.123. The second kappa shape index (κ2) is 8.21. The Balaban J connectivity index is 1.39. The topological polar surface area (TPSA) is 70.4 Å². The highest BCUT2D eigenvalue weighted by molar-refractivity contribution is 5.76. The van der Waals surface area contributed by atoms with E-state index in [9.17, 15) is 4.79 Å². The third kappa shape index (κ3) is 4.21. The molecule has 4 rings (SSSR count). The number of primary amides is 1. The molecule has 4 N–H and O–H groups in total. The maximum Gasteiger partial charge on any atom is 0.220 e. The second-order valence-corrected chi connectivity index (χ2v) is 7.73. The van der Waals surface area contributed by atoms with Gasteiger partial charge in [0.15, 0.2) is 0 Å². The SMILES string of the molecule is NC(=O)C1CCN(CC2CNNC2c2ccc(-c3ccccc3)cc2)CC1. The normalized spacial score (nSPS) is 24.1. The van der Waals surface area contributed by atoms with Crippen molar-refractivity contribution < 1.29 is 4.79 Å². The van der Waals surface area contributed by atoms with Gasteiger partial charge < -0.3 is 10.6 Å². The Morgan fingerprint density at radius 2 is 1.67 bits per heavy atom. The zero-order valence-electron chi connectivity index (χ0n) is 15.6. The first-order valence-electron chi connectivity index (χ1n) is 9.86. The molecule has 0 aliphatic carbocycles. The molecule has 0 bridgehead atoms. The summed E-state index contributed by atoms with van der Waals surface area (Å²) in [7, 11) is 0. The number of benzene rings is 2. The van der Waals surface area contributed by atoms with E-state index in [-0.39, 0.29) is 11.8 Å². The third-order valence-electron chi connectivity index (χ3n) is 5.95. The van der Waals surface area contributed by atoms with Crippen molar-refractivity contribution in [2.24, 2.45) is 17.6 Å². The highest BCUT2D eigenvalue weighted by Gasteiger charge is 2.31. The number of nitrogens with zero attached hydrogens (tertiary/aromatic N) is 1. The van der Waals surface area contributed by atoms with Gasteiger partial charge in [0.2, 0.25) is 5.91 Å². The molecule has 2 atom stereocenters. The highest BCUT2D eigenvalue weighted by atomic mass is 16.1. The number of amides is 1. The van der Waals surface area contributed by atoms with E-state index in [1.54, 1.807) is 0 Å². The summed E-state index contributed by atoms with van der Waals surface area (Å²) in [4.78, 5) is 13.8. The molecular weight excluding hydrogens is 336 g/mol. The van der Waals surface area contributed by atoms with Gasteiger partial charge in [-0.05, 0) is 42.6 Å². The van der Waals surface area contributed by atoms with Crippen molar-refractivity contribution in [3.63, 3.8) is 0 Å². The predicted molar refractivity (Wildman–Crippen MR) is 108 cm³/mol. The van der Waals surface area contributed by atoms with Gasteiger partial charge in [-0.15, -0.1) is 0 Å². The Bertz CT molecular complexity index is 754. The van der Waals surface area contributed by atoms with Crippen molar-refractivity contribution in [1.82, 2.24) is 15.8 Å². The molecule has 2 unspecified atom stereocenters. The van der Waals surface area contributed by atoms with Crippen LogP contribution >= 0.6 is 0 Å². The van der Waals surface area contributed by atoms with Gasteiger partial charge >= 0.3 is 0 Å². The summed E-state index contributed by atoms with van der Waals surface area (Å²) >= 11 is 0. The van der Waals surface area contributed by atoms with E-state index in [1.165, 1.54) is 16.7 Å². The van der Waals surface area contributed by atoms with Crippen LogP contribution in [0.4, 0.5) is 0 Å². The average Bonchev–Trinajstić information content (AvgIpc) is 3.17. The van der Waals surface area contributed by atoms with Crippen LogP contribution in [0.25, 0.3) is 11.1 Å². The summed E-state index contributed by atoms with van der Waals surface area (Å²) < 4.78 is 0. The van der Waals surface area contributed by atoms with Crippen LogP contribution in [0.5, 0.6) is 0 Å². The summed E-state index contributed by atoms with van der Waals surface area (Å²) in [6, 6.07) is 19.7. The number of nitrogens with two attached hydrogens (primary N) is 1. The minimum absolute atomic E-state index is 0.0578. The first kappa shape index (κ1) is 18.2. The quantitative estimate of drug-likeness (QED) is 0.761. The van der Waals surface area contributed by atoms with Crippen LogP contribution in [-0.4, -0.2) is 37.0 Å². The highest BCUT2D eigenvalue weighted by Crippen LogP contribution is 2.29. The van der Waals surface area contributed by atoms with Gasteiger partial charge in [0.05, 0.1) is 6.04 Å². The van der Waals surface area contributed by atoms with Gasteiger partial charge in [-0.3, -0.25) is 10.2 Å².